The highest BCUT2D eigenvalue weighted by Crippen LogP contribution is 2.11. The van der Waals surface area contributed by atoms with Gasteiger partial charge in [-0.05, 0) is 23.8 Å². The van der Waals surface area contributed by atoms with Crippen LogP contribution in [0.4, 0.5) is 0 Å². The van der Waals surface area contributed by atoms with Gasteiger partial charge >= 0.3 is 0 Å². The summed E-state index contributed by atoms with van der Waals surface area (Å²) in [6.45, 7) is 0. The van der Waals surface area contributed by atoms with Crippen molar-refractivity contribution in [2.75, 3.05) is 7.11 Å². The van der Waals surface area contributed by atoms with E-state index in [1.165, 1.54) is 6.08 Å². The minimum Gasteiger partial charge on any atom is -0.497 e. The predicted octanol–water partition coefficient (Wildman–Crippen LogP) is 1.19. The molecule has 0 aromatic heterocycles. The lowest BCUT2D eigenvalue weighted by Crippen LogP contribution is -2.04. The van der Waals surface area contributed by atoms with E-state index in [2.05, 4.69) is 0 Å². The van der Waals surface area contributed by atoms with Gasteiger partial charge in [0.15, 0.2) is 0 Å². The maximum Gasteiger partial charge on any atom is 0.241 e. The Morgan fingerprint density at radius 3 is 2.46 bits per heavy atom. The second-order valence-electron chi connectivity index (χ2n) is 2.51. The van der Waals surface area contributed by atoms with Crippen LogP contribution in [-0.2, 0) is 4.79 Å². The molecule has 13 heavy (non-hydrogen) atoms. The fourth-order valence-electron chi connectivity index (χ4n) is 0.893. The number of ether oxygens (including phenoxy) is 1. The van der Waals surface area contributed by atoms with E-state index in [0.29, 0.717) is 0 Å². The molecule has 0 radical (unpaired) electrons. The normalized spacial score (nSPS) is 10.2. The highest BCUT2D eigenvalue weighted by molar-refractivity contribution is 5.90. The summed E-state index contributed by atoms with van der Waals surface area (Å²) >= 11 is 0. The summed E-state index contributed by atoms with van der Waals surface area (Å²) in [5.74, 6) is 0.340. The number of rotatable bonds is 3. The van der Waals surface area contributed by atoms with Crippen molar-refractivity contribution in [3.63, 3.8) is 0 Å². The number of primary amides is 1. The van der Waals surface area contributed by atoms with Crippen molar-refractivity contribution in [2.24, 2.45) is 5.73 Å². The van der Waals surface area contributed by atoms with Crippen LogP contribution >= 0.6 is 0 Å². The minimum absolute atomic E-state index is 0.448. The van der Waals surface area contributed by atoms with Gasteiger partial charge in [-0.15, -0.1) is 0 Å². The molecule has 0 aliphatic rings. The van der Waals surface area contributed by atoms with Crippen LogP contribution in [-0.4, -0.2) is 13.0 Å². The molecule has 0 atom stereocenters. The highest BCUT2D eigenvalue weighted by Gasteiger charge is 1.90. The summed E-state index contributed by atoms with van der Waals surface area (Å²) in [4.78, 5) is 10.4. The Balaban J connectivity index is 2.75. The molecular formula is C10H11NO2. The summed E-state index contributed by atoms with van der Waals surface area (Å²) < 4.78 is 4.98. The summed E-state index contributed by atoms with van der Waals surface area (Å²) in [7, 11) is 1.61. The molecule has 1 aromatic rings. The van der Waals surface area contributed by atoms with E-state index in [0.717, 1.165) is 11.3 Å². The van der Waals surface area contributed by atoms with Crippen LogP contribution < -0.4 is 10.5 Å². The maximum absolute atomic E-state index is 10.4. The second kappa shape index (κ2) is 4.30. The molecule has 1 rings (SSSR count). The Bertz CT molecular complexity index is 314. The zero-order valence-corrected chi connectivity index (χ0v) is 7.36. The zero-order chi connectivity index (χ0) is 9.68. The summed E-state index contributed by atoms with van der Waals surface area (Å²) in [6, 6.07) is 7.33. The van der Waals surface area contributed by atoms with Crippen molar-refractivity contribution >= 4 is 12.0 Å². The third kappa shape index (κ3) is 2.99. The van der Waals surface area contributed by atoms with Gasteiger partial charge in [0.2, 0.25) is 5.91 Å². The largest absolute Gasteiger partial charge is 0.497 e. The third-order valence-electron chi connectivity index (χ3n) is 1.56. The van der Waals surface area contributed by atoms with Crippen LogP contribution in [0.2, 0.25) is 0 Å². The summed E-state index contributed by atoms with van der Waals surface area (Å²) in [5, 5.41) is 0. The van der Waals surface area contributed by atoms with Gasteiger partial charge in [0, 0.05) is 6.08 Å². The first-order valence-corrected chi connectivity index (χ1v) is 3.84. The molecule has 0 heterocycles. The van der Waals surface area contributed by atoms with E-state index in [4.69, 9.17) is 10.5 Å². The lowest BCUT2D eigenvalue weighted by molar-refractivity contribution is -0.113. The predicted molar refractivity (Wildman–Crippen MR) is 51.2 cm³/mol. The summed E-state index contributed by atoms with van der Waals surface area (Å²) in [6.07, 6.45) is 2.98. The van der Waals surface area contributed by atoms with Crippen LogP contribution in [0, 0.1) is 0 Å². The van der Waals surface area contributed by atoms with Crippen LogP contribution in [0.25, 0.3) is 6.08 Å². The maximum atomic E-state index is 10.4. The SMILES string of the molecule is COc1ccc(/C=C\C(N)=O)cc1. The molecule has 1 amide bonds. The van der Waals surface area contributed by atoms with Crippen molar-refractivity contribution in [1.82, 2.24) is 0 Å². The molecule has 0 bridgehead atoms. The average Bonchev–Trinajstić information content (AvgIpc) is 2.15. The van der Waals surface area contributed by atoms with Gasteiger partial charge in [0.25, 0.3) is 0 Å². The van der Waals surface area contributed by atoms with Crippen LogP contribution in [0.15, 0.2) is 30.3 Å². The van der Waals surface area contributed by atoms with E-state index in [-0.39, 0.29) is 0 Å². The van der Waals surface area contributed by atoms with E-state index in [1.54, 1.807) is 13.2 Å². The van der Waals surface area contributed by atoms with Gasteiger partial charge in [0.05, 0.1) is 7.11 Å². The molecule has 1 aromatic carbocycles. The third-order valence-corrected chi connectivity index (χ3v) is 1.56. The molecule has 3 heteroatoms. The Morgan fingerprint density at radius 2 is 2.00 bits per heavy atom. The molecule has 0 aliphatic heterocycles. The van der Waals surface area contributed by atoms with Gasteiger partial charge in [-0.25, -0.2) is 0 Å². The lowest BCUT2D eigenvalue weighted by Gasteiger charge is -1.98. The van der Waals surface area contributed by atoms with Crippen LogP contribution in [0.1, 0.15) is 5.56 Å². The number of methoxy groups -OCH3 is 1. The van der Waals surface area contributed by atoms with Crippen molar-refractivity contribution < 1.29 is 9.53 Å². The Morgan fingerprint density at radius 1 is 1.38 bits per heavy atom. The molecule has 0 saturated heterocycles. The number of hydrogen-bond donors (Lipinski definition) is 1. The van der Waals surface area contributed by atoms with Gasteiger partial charge in [-0.1, -0.05) is 12.1 Å². The van der Waals surface area contributed by atoms with E-state index in [9.17, 15) is 4.79 Å². The molecule has 0 aliphatic carbocycles. The van der Waals surface area contributed by atoms with Crippen molar-refractivity contribution in [3.8, 4) is 5.75 Å². The summed E-state index contributed by atoms with van der Waals surface area (Å²) in [5.41, 5.74) is 5.86. The van der Waals surface area contributed by atoms with Crippen molar-refractivity contribution in [3.05, 3.63) is 35.9 Å². The van der Waals surface area contributed by atoms with E-state index < -0.39 is 5.91 Å². The number of nitrogens with two attached hydrogens (primary N) is 1. The molecule has 0 fully saturated rings. The van der Waals surface area contributed by atoms with Crippen molar-refractivity contribution in [1.29, 1.82) is 0 Å². The molecule has 3 nitrogen and oxygen atoms in total. The fraction of sp³-hybridized carbons (Fsp3) is 0.100. The van der Waals surface area contributed by atoms with Gasteiger partial charge in [-0.3, -0.25) is 4.79 Å². The first kappa shape index (κ1) is 9.32. The highest BCUT2D eigenvalue weighted by atomic mass is 16.5. The quantitative estimate of drug-likeness (QED) is 0.705. The Hall–Kier alpha value is -1.77. The minimum atomic E-state index is -0.448. The topological polar surface area (TPSA) is 52.3 Å². The number of benzene rings is 1. The Labute approximate surface area is 76.8 Å². The average molecular weight is 177 g/mol. The molecular weight excluding hydrogens is 166 g/mol. The molecule has 0 saturated carbocycles. The molecule has 68 valence electrons. The number of amides is 1. The van der Waals surface area contributed by atoms with E-state index in [1.807, 2.05) is 24.3 Å². The zero-order valence-electron chi connectivity index (χ0n) is 7.36. The Kier molecular flexibility index (Phi) is 3.09. The smallest absolute Gasteiger partial charge is 0.241 e. The monoisotopic (exact) mass is 177 g/mol. The fourth-order valence-corrected chi connectivity index (χ4v) is 0.893. The van der Waals surface area contributed by atoms with Gasteiger partial charge < -0.3 is 10.5 Å². The molecule has 0 spiro atoms. The molecule has 0 unspecified atom stereocenters. The second-order valence-corrected chi connectivity index (χ2v) is 2.51. The number of hydrogen-bond acceptors (Lipinski definition) is 2. The van der Waals surface area contributed by atoms with E-state index >= 15 is 0 Å². The van der Waals surface area contributed by atoms with Gasteiger partial charge in [-0.2, -0.15) is 0 Å². The standard InChI is InChI=1S/C10H11NO2/c1-13-9-5-2-8(3-6-9)4-7-10(11)12/h2-7H,1H3,(H2,11,12)/b7-4-. The van der Waals surface area contributed by atoms with Crippen LogP contribution in [0.5, 0.6) is 5.75 Å². The van der Waals surface area contributed by atoms with Crippen molar-refractivity contribution in [2.45, 2.75) is 0 Å². The van der Waals surface area contributed by atoms with Gasteiger partial charge in [0.1, 0.15) is 5.75 Å². The first-order chi connectivity index (χ1) is 6.22. The lowest BCUT2D eigenvalue weighted by atomic mass is 10.2. The number of carbonyl (C=O) groups excluding carboxylic acids is 1. The molecule has 2 N–H and O–H groups in total. The number of carbonyl (C=O) groups is 1. The van der Waals surface area contributed by atoms with Crippen LogP contribution in [0.3, 0.4) is 0 Å². The first-order valence-electron chi connectivity index (χ1n) is 3.84.